The van der Waals surface area contributed by atoms with Gasteiger partial charge in [-0.2, -0.15) is 0 Å². The molecule has 0 radical (unpaired) electrons. The van der Waals surface area contributed by atoms with Crippen LogP contribution < -0.4 is 5.32 Å². The Morgan fingerprint density at radius 1 is 1.28 bits per heavy atom. The average molecular weight is 252 g/mol. The van der Waals surface area contributed by atoms with E-state index in [9.17, 15) is 9.59 Å². The Labute approximate surface area is 105 Å². The normalized spacial score (nSPS) is 12.2. The lowest BCUT2D eigenvalue weighted by Gasteiger charge is -2.19. The predicted octanol–water partition coefficient (Wildman–Crippen LogP) is 0.736. The number of rotatable bonds is 5. The molecule has 0 aromatic heterocycles. The largest absolute Gasteiger partial charge is 0.508 e. The maximum Gasteiger partial charge on any atom is 0.321 e. The molecule has 1 atom stereocenters. The van der Waals surface area contributed by atoms with Crippen LogP contribution in [0.4, 0.5) is 5.69 Å². The van der Waals surface area contributed by atoms with Gasteiger partial charge in [0.25, 0.3) is 0 Å². The summed E-state index contributed by atoms with van der Waals surface area (Å²) in [6.45, 7) is 0. The number of hydrogen-bond donors (Lipinski definition) is 3. The van der Waals surface area contributed by atoms with E-state index in [1.54, 1.807) is 26.2 Å². The van der Waals surface area contributed by atoms with Crippen molar-refractivity contribution in [2.24, 2.45) is 0 Å². The number of anilines is 1. The third kappa shape index (κ3) is 4.06. The average Bonchev–Trinajstić information content (AvgIpc) is 2.28. The van der Waals surface area contributed by atoms with E-state index in [2.05, 4.69) is 5.32 Å². The molecule has 18 heavy (non-hydrogen) atoms. The lowest BCUT2D eigenvalue weighted by molar-refractivity contribution is -0.144. The minimum absolute atomic E-state index is 0.102. The first-order chi connectivity index (χ1) is 8.40. The Morgan fingerprint density at radius 2 is 1.83 bits per heavy atom. The summed E-state index contributed by atoms with van der Waals surface area (Å²) in [5.41, 5.74) is 0.515. The van der Waals surface area contributed by atoms with Crippen molar-refractivity contribution < 1.29 is 19.8 Å². The van der Waals surface area contributed by atoms with Crippen molar-refractivity contribution in [2.45, 2.75) is 12.5 Å². The second-order valence-corrected chi connectivity index (χ2v) is 4.12. The molecule has 0 spiro atoms. The van der Waals surface area contributed by atoms with Gasteiger partial charge in [-0.05, 0) is 38.4 Å². The third-order valence-electron chi connectivity index (χ3n) is 2.44. The Hall–Kier alpha value is -2.08. The van der Waals surface area contributed by atoms with Gasteiger partial charge in [-0.3, -0.25) is 14.5 Å². The molecule has 0 saturated carbocycles. The van der Waals surface area contributed by atoms with Crippen LogP contribution in [0, 0.1) is 0 Å². The van der Waals surface area contributed by atoms with E-state index in [0.717, 1.165) is 0 Å². The number of carboxylic acid groups (broad SMARTS) is 1. The summed E-state index contributed by atoms with van der Waals surface area (Å²) in [5, 5.41) is 20.6. The van der Waals surface area contributed by atoms with Crippen LogP contribution in [0.25, 0.3) is 0 Å². The summed E-state index contributed by atoms with van der Waals surface area (Å²) in [5.74, 6) is -1.33. The highest BCUT2D eigenvalue weighted by molar-refractivity contribution is 5.94. The number of hydrogen-bond acceptors (Lipinski definition) is 4. The number of amides is 1. The molecule has 1 aromatic rings. The molecule has 1 amide bonds. The first-order valence-corrected chi connectivity index (χ1v) is 5.38. The molecule has 0 aliphatic heterocycles. The zero-order chi connectivity index (χ0) is 13.7. The summed E-state index contributed by atoms with van der Waals surface area (Å²) >= 11 is 0. The number of benzene rings is 1. The van der Waals surface area contributed by atoms with Crippen LogP contribution in [0.3, 0.4) is 0 Å². The Morgan fingerprint density at radius 3 is 2.28 bits per heavy atom. The zero-order valence-corrected chi connectivity index (χ0v) is 10.3. The van der Waals surface area contributed by atoms with Gasteiger partial charge in [-0.15, -0.1) is 0 Å². The molecule has 0 bridgehead atoms. The topological polar surface area (TPSA) is 89.9 Å². The van der Waals surface area contributed by atoms with Crippen LogP contribution >= 0.6 is 0 Å². The second-order valence-electron chi connectivity index (χ2n) is 4.12. The van der Waals surface area contributed by atoms with Crippen molar-refractivity contribution in [1.29, 1.82) is 0 Å². The van der Waals surface area contributed by atoms with Crippen LogP contribution in [0.5, 0.6) is 5.75 Å². The number of likely N-dealkylation sites (N-methyl/N-ethyl adjacent to an activating group) is 1. The maximum absolute atomic E-state index is 11.7. The summed E-state index contributed by atoms with van der Waals surface area (Å²) in [4.78, 5) is 24.0. The van der Waals surface area contributed by atoms with E-state index >= 15 is 0 Å². The summed E-state index contributed by atoms with van der Waals surface area (Å²) < 4.78 is 0. The number of aromatic hydroxyl groups is 1. The molecule has 0 aliphatic carbocycles. The molecule has 98 valence electrons. The molecule has 1 rings (SSSR count). The molecule has 0 saturated heterocycles. The van der Waals surface area contributed by atoms with Crippen LogP contribution in [0.2, 0.25) is 0 Å². The molecule has 1 aromatic carbocycles. The van der Waals surface area contributed by atoms with Gasteiger partial charge in [0.1, 0.15) is 11.8 Å². The van der Waals surface area contributed by atoms with Gasteiger partial charge in [-0.25, -0.2) is 0 Å². The highest BCUT2D eigenvalue weighted by Gasteiger charge is 2.23. The van der Waals surface area contributed by atoms with Crippen LogP contribution in [-0.4, -0.2) is 47.1 Å². The van der Waals surface area contributed by atoms with E-state index in [0.29, 0.717) is 5.69 Å². The first kappa shape index (κ1) is 14.0. The van der Waals surface area contributed by atoms with Crippen molar-refractivity contribution in [2.75, 3.05) is 19.4 Å². The van der Waals surface area contributed by atoms with E-state index in [1.807, 2.05) is 0 Å². The maximum atomic E-state index is 11.7. The van der Waals surface area contributed by atoms with Crippen LogP contribution in [0.15, 0.2) is 24.3 Å². The Bertz CT molecular complexity index is 428. The number of carboxylic acids is 1. The SMILES string of the molecule is CN(C)C(CC(=O)Nc1ccc(O)cc1)C(=O)O. The summed E-state index contributed by atoms with van der Waals surface area (Å²) in [6, 6.07) is 5.10. The summed E-state index contributed by atoms with van der Waals surface area (Å²) in [7, 11) is 3.21. The minimum atomic E-state index is -1.04. The van der Waals surface area contributed by atoms with Crippen molar-refractivity contribution in [3.8, 4) is 5.75 Å². The zero-order valence-electron chi connectivity index (χ0n) is 10.3. The number of phenols is 1. The van der Waals surface area contributed by atoms with Crippen LogP contribution in [0.1, 0.15) is 6.42 Å². The third-order valence-corrected chi connectivity index (χ3v) is 2.44. The lowest BCUT2D eigenvalue weighted by atomic mass is 10.2. The van der Waals surface area contributed by atoms with E-state index < -0.39 is 12.0 Å². The number of phenolic OH excluding ortho intramolecular Hbond substituents is 1. The van der Waals surface area contributed by atoms with Gasteiger partial charge in [0.2, 0.25) is 5.91 Å². The van der Waals surface area contributed by atoms with Crippen molar-refractivity contribution in [1.82, 2.24) is 4.90 Å². The van der Waals surface area contributed by atoms with Gasteiger partial charge in [-0.1, -0.05) is 0 Å². The van der Waals surface area contributed by atoms with Gasteiger partial charge >= 0.3 is 5.97 Å². The van der Waals surface area contributed by atoms with E-state index in [-0.39, 0.29) is 18.1 Å². The molecule has 0 fully saturated rings. The monoisotopic (exact) mass is 252 g/mol. The number of nitrogens with one attached hydrogen (secondary N) is 1. The second kappa shape index (κ2) is 6.02. The molecule has 3 N–H and O–H groups in total. The highest BCUT2D eigenvalue weighted by Crippen LogP contribution is 2.14. The number of nitrogens with zero attached hydrogens (tertiary/aromatic N) is 1. The fourth-order valence-electron chi connectivity index (χ4n) is 1.42. The molecule has 0 aliphatic rings. The summed E-state index contributed by atoms with van der Waals surface area (Å²) in [6.07, 6.45) is -0.136. The standard InChI is InChI=1S/C12H16N2O4/c1-14(2)10(12(17)18)7-11(16)13-8-3-5-9(15)6-4-8/h3-6,10,15H,7H2,1-2H3,(H,13,16)(H,17,18). The minimum Gasteiger partial charge on any atom is -0.508 e. The fourth-order valence-corrected chi connectivity index (χ4v) is 1.42. The molecule has 1 unspecified atom stereocenters. The number of carbonyl (C=O) groups excluding carboxylic acids is 1. The quantitative estimate of drug-likeness (QED) is 0.672. The number of aliphatic carboxylic acids is 1. The van der Waals surface area contributed by atoms with Gasteiger partial charge in [0, 0.05) is 5.69 Å². The Balaban J connectivity index is 2.60. The number of carbonyl (C=O) groups is 2. The first-order valence-electron chi connectivity index (χ1n) is 5.38. The van der Waals surface area contributed by atoms with Crippen molar-refractivity contribution in [3.05, 3.63) is 24.3 Å². The van der Waals surface area contributed by atoms with Crippen molar-refractivity contribution in [3.63, 3.8) is 0 Å². The Kier molecular flexibility index (Phi) is 4.67. The molecule has 0 heterocycles. The van der Waals surface area contributed by atoms with E-state index in [1.165, 1.54) is 17.0 Å². The van der Waals surface area contributed by atoms with Gasteiger partial charge in [0.05, 0.1) is 6.42 Å². The fraction of sp³-hybridized carbons (Fsp3) is 0.333. The van der Waals surface area contributed by atoms with E-state index in [4.69, 9.17) is 10.2 Å². The smallest absolute Gasteiger partial charge is 0.321 e. The van der Waals surface area contributed by atoms with Crippen LogP contribution in [-0.2, 0) is 9.59 Å². The lowest BCUT2D eigenvalue weighted by Crippen LogP contribution is -2.38. The highest BCUT2D eigenvalue weighted by atomic mass is 16.4. The van der Waals surface area contributed by atoms with Gasteiger partial charge < -0.3 is 15.5 Å². The molecule has 6 nitrogen and oxygen atoms in total. The van der Waals surface area contributed by atoms with Gasteiger partial charge in [0.15, 0.2) is 0 Å². The molecular weight excluding hydrogens is 236 g/mol. The van der Waals surface area contributed by atoms with Crippen molar-refractivity contribution >= 4 is 17.6 Å². The molecule has 6 heteroatoms. The molecular formula is C12H16N2O4. The predicted molar refractivity (Wildman–Crippen MR) is 66.5 cm³/mol.